The molecule has 0 radical (unpaired) electrons. The summed E-state index contributed by atoms with van der Waals surface area (Å²) in [4.78, 5) is 0. The summed E-state index contributed by atoms with van der Waals surface area (Å²) in [6.45, 7) is 3.77. The van der Waals surface area contributed by atoms with E-state index in [1.807, 2.05) is 0 Å². The van der Waals surface area contributed by atoms with Gasteiger partial charge in [-0.05, 0) is 18.8 Å². The minimum atomic E-state index is -1.20. The summed E-state index contributed by atoms with van der Waals surface area (Å²) < 4.78 is 12.1. The Morgan fingerprint density at radius 3 is 2.62 bits per heavy atom. The first kappa shape index (κ1) is 8.71. The van der Waals surface area contributed by atoms with Crippen molar-refractivity contribution in [1.29, 1.82) is 0 Å². The van der Waals surface area contributed by atoms with Crippen molar-refractivity contribution in [3.8, 4) is 0 Å². The second kappa shape index (κ2) is 5.84. The Labute approximate surface area is 55.9 Å². The molecule has 0 bridgehead atoms. The molecule has 3 heteroatoms. The number of unbranched alkanes of at least 4 members (excludes halogenated alkanes) is 1. The van der Waals surface area contributed by atoms with Crippen molar-refractivity contribution in [1.82, 2.24) is 0 Å². The molecule has 0 rings (SSSR count). The average Bonchev–Trinajstić information content (AvgIpc) is 1.66. The molecule has 50 valence electrons. The van der Waals surface area contributed by atoms with Gasteiger partial charge in [0.2, 0.25) is 0 Å². The maximum atomic E-state index is 12.1. The molecule has 0 aromatic carbocycles. The third kappa shape index (κ3) is 6.71. The van der Waals surface area contributed by atoms with Crippen molar-refractivity contribution in [3.05, 3.63) is 0 Å². The largest absolute Gasteiger partial charge is 0.215 e. The normalized spacial score (nSPS) is 13.9. The molecule has 0 amide bonds. The van der Waals surface area contributed by atoms with Crippen LogP contribution in [0.2, 0.25) is 0 Å². The summed E-state index contributed by atoms with van der Waals surface area (Å²) in [7, 11) is -1.20. The zero-order valence-electron chi connectivity index (χ0n) is 5.35. The predicted octanol–water partition coefficient (Wildman–Crippen LogP) is 3.43. The van der Waals surface area contributed by atoms with Gasteiger partial charge in [-0.2, -0.15) is 0 Å². The van der Waals surface area contributed by atoms with Crippen LogP contribution in [0.5, 0.6) is 0 Å². The van der Waals surface area contributed by atoms with Crippen LogP contribution in [0, 0.1) is 0 Å². The Morgan fingerprint density at radius 1 is 1.62 bits per heavy atom. The van der Waals surface area contributed by atoms with Gasteiger partial charge in [0, 0.05) is 0 Å². The molecule has 0 heterocycles. The van der Waals surface area contributed by atoms with Crippen LogP contribution in [0.1, 0.15) is 19.8 Å². The maximum absolute atomic E-state index is 12.1. The lowest BCUT2D eigenvalue weighted by molar-refractivity contribution is 0.895. The maximum Gasteiger partial charge on any atom is 0.138 e. The van der Waals surface area contributed by atoms with Crippen LogP contribution >= 0.6 is 18.8 Å². The molecule has 0 aliphatic heterocycles. The molecule has 0 aromatic rings. The Morgan fingerprint density at radius 2 is 2.25 bits per heavy atom. The molecule has 0 N–H and O–H groups in total. The molecular formula is C5H12FPS. The second-order valence-electron chi connectivity index (χ2n) is 1.61. The lowest BCUT2D eigenvalue weighted by atomic mass is 10.4. The standard InChI is InChI=1S/C5H12FPS/c1-3-4-5-8-7(2)6/h3-5H2,1-2H3. The highest BCUT2D eigenvalue weighted by atomic mass is 32.7. The van der Waals surface area contributed by atoms with Crippen LogP contribution in [-0.2, 0) is 0 Å². The molecule has 1 atom stereocenters. The predicted molar refractivity (Wildman–Crippen MR) is 41.3 cm³/mol. The first-order valence-electron chi connectivity index (χ1n) is 2.79. The van der Waals surface area contributed by atoms with Crippen molar-refractivity contribution < 1.29 is 4.20 Å². The molecule has 0 saturated heterocycles. The van der Waals surface area contributed by atoms with Gasteiger partial charge in [-0.15, -0.1) is 11.4 Å². The SMILES string of the molecule is CCCCSP(C)F. The lowest BCUT2D eigenvalue weighted by Gasteiger charge is -1.96. The fraction of sp³-hybridized carbons (Fsp3) is 1.00. The third-order valence-corrected chi connectivity index (χ3v) is 3.21. The highest BCUT2D eigenvalue weighted by Gasteiger charge is 1.95. The molecule has 1 unspecified atom stereocenters. The van der Waals surface area contributed by atoms with Gasteiger partial charge in [-0.1, -0.05) is 13.3 Å². The summed E-state index contributed by atoms with van der Waals surface area (Å²) in [5.74, 6) is 0.995. The summed E-state index contributed by atoms with van der Waals surface area (Å²) in [5.41, 5.74) is 0. The van der Waals surface area contributed by atoms with Crippen molar-refractivity contribution in [2.45, 2.75) is 19.8 Å². The summed E-state index contributed by atoms with van der Waals surface area (Å²) in [6.07, 6.45) is 2.33. The van der Waals surface area contributed by atoms with E-state index in [9.17, 15) is 4.20 Å². The zero-order chi connectivity index (χ0) is 6.41. The third-order valence-electron chi connectivity index (χ3n) is 0.767. The van der Waals surface area contributed by atoms with Gasteiger partial charge in [0.1, 0.15) is 7.43 Å². The number of halogens is 1. The lowest BCUT2D eigenvalue weighted by Crippen LogP contribution is -1.71. The molecule has 0 aliphatic rings. The van der Waals surface area contributed by atoms with E-state index in [2.05, 4.69) is 6.92 Å². The molecule has 0 aromatic heterocycles. The van der Waals surface area contributed by atoms with E-state index < -0.39 is 7.43 Å². The molecule has 0 fully saturated rings. The highest BCUT2D eigenvalue weighted by molar-refractivity contribution is 8.54. The van der Waals surface area contributed by atoms with E-state index in [0.717, 1.165) is 12.2 Å². The Bertz CT molecular complexity index is 49.7. The van der Waals surface area contributed by atoms with Crippen LogP contribution in [0.15, 0.2) is 0 Å². The van der Waals surface area contributed by atoms with E-state index in [-0.39, 0.29) is 0 Å². The zero-order valence-corrected chi connectivity index (χ0v) is 7.07. The van der Waals surface area contributed by atoms with E-state index in [1.165, 1.54) is 17.8 Å². The molecule has 0 spiro atoms. The van der Waals surface area contributed by atoms with Crippen molar-refractivity contribution in [3.63, 3.8) is 0 Å². The van der Waals surface area contributed by atoms with E-state index in [1.54, 1.807) is 6.66 Å². The van der Waals surface area contributed by atoms with Crippen molar-refractivity contribution in [2.75, 3.05) is 12.4 Å². The van der Waals surface area contributed by atoms with Gasteiger partial charge >= 0.3 is 0 Å². The second-order valence-corrected chi connectivity index (χ2v) is 5.40. The van der Waals surface area contributed by atoms with Gasteiger partial charge in [0.25, 0.3) is 0 Å². The Hall–Kier alpha value is 0.710. The minimum absolute atomic E-state index is 0.995. The first-order chi connectivity index (χ1) is 3.77. The topological polar surface area (TPSA) is 0 Å². The number of hydrogen-bond acceptors (Lipinski definition) is 1. The van der Waals surface area contributed by atoms with E-state index in [4.69, 9.17) is 0 Å². The number of rotatable bonds is 4. The first-order valence-corrected chi connectivity index (χ1v) is 6.07. The molecular weight excluding hydrogens is 142 g/mol. The van der Waals surface area contributed by atoms with Crippen LogP contribution < -0.4 is 0 Å². The Kier molecular flexibility index (Phi) is 6.36. The van der Waals surface area contributed by atoms with Gasteiger partial charge in [0.15, 0.2) is 0 Å². The van der Waals surface area contributed by atoms with Gasteiger partial charge in [-0.3, -0.25) is 0 Å². The summed E-state index contributed by atoms with van der Waals surface area (Å²) >= 11 is 1.45. The van der Waals surface area contributed by atoms with Gasteiger partial charge in [0.05, 0.1) is 0 Å². The van der Waals surface area contributed by atoms with Gasteiger partial charge in [-0.25, -0.2) is 4.20 Å². The van der Waals surface area contributed by atoms with E-state index >= 15 is 0 Å². The quantitative estimate of drug-likeness (QED) is 0.441. The Balaban J connectivity index is 2.72. The summed E-state index contributed by atoms with van der Waals surface area (Å²) in [5, 5.41) is 0. The smallest absolute Gasteiger partial charge is 0.138 e. The van der Waals surface area contributed by atoms with Crippen LogP contribution in [0.3, 0.4) is 0 Å². The van der Waals surface area contributed by atoms with Crippen molar-refractivity contribution >= 4 is 18.8 Å². The van der Waals surface area contributed by atoms with Crippen LogP contribution in [0.4, 0.5) is 4.20 Å². The monoisotopic (exact) mass is 154 g/mol. The molecule has 0 aliphatic carbocycles. The number of hydrogen-bond donors (Lipinski definition) is 0. The average molecular weight is 154 g/mol. The fourth-order valence-electron chi connectivity index (χ4n) is 0.335. The highest BCUT2D eigenvalue weighted by Crippen LogP contribution is 2.47. The van der Waals surface area contributed by atoms with Crippen molar-refractivity contribution in [2.24, 2.45) is 0 Å². The molecule has 0 saturated carbocycles. The summed E-state index contributed by atoms with van der Waals surface area (Å²) in [6, 6.07) is 0. The van der Waals surface area contributed by atoms with Gasteiger partial charge < -0.3 is 0 Å². The molecule has 8 heavy (non-hydrogen) atoms. The van der Waals surface area contributed by atoms with Crippen LogP contribution in [-0.4, -0.2) is 12.4 Å². The minimum Gasteiger partial charge on any atom is -0.215 e. The van der Waals surface area contributed by atoms with Crippen LogP contribution in [0.25, 0.3) is 0 Å². The fourth-order valence-corrected chi connectivity index (χ4v) is 2.15. The van der Waals surface area contributed by atoms with E-state index in [0.29, 0.717) is 0 Å². The molecule has 0 nitrogen and oxygen atoms in total.